The van der Waals surface area contributed by atoms with E-state index in [0.29, 0.717) is 18.3 Å². The molecule has 1 fully saturated rings. The Labute approximate surface area is 151 Å². The molecule has 2 aromatic rings. The number of aryl methyl sites for hydroxylation is 1. The van der Waals surface area contributed by atoms with E-state index in [0.717, 1.165) is 6.42 Å². The zero-order valence-electron chi connectivity index (χ0n) is 15.3. The second kappa shape index (κ2) is 8.99. The first-order valence-corrected chi connectivity index (χ1v) is 9.72. The van der Waals surface area contributed by atoms with Crippen molar-refractivity contribution < 1.29 is 4.39 Å². The fraction of sp³-hybridized carbons (Fsp3) is 0.417. The van der Waals surface area contributed by atoms with E-state index >= 15 is 0 Å². The maximum absolute atomic E-state index is 12.2. The smallest absolute Gasteiger partial charge is 0.0928 e. The van der Waals surface area contributed by atoms with Crippen molar-refractivity contribution in [1.29, 1.82) is 0 Å². The highest BCUT2D eigenvalue weighted by atomic mass is 19.1. The average Bonchev–Trinajstić information content (AvgIpc) is 2.69. The molecule has 0 spiro atoms. The van der Waals surface area contributed by atoms with Crippen LogP contribution >= 0.6 is 0 Å². The first kappa shape index (κ1) is 17.9. The topological polar surface area (TPSA) is 0 Å². The maximum atomic E-state index is 12.2. The molecular weight excluding hydrogens is 307 g/mol. The van der Waals surface area contributed by atoms with Crippen molar-refractivity contribution in [3.63, 3.8) is 0 Å². The molecule has 3 rings (SSSR count). The Balaban J connectivity index is 1.59. The number of rotatable bonds is 6. The molecule has 0 saturated heterocycles. The molecule has 132 valence electrons. The molecule has 2 aromatic carbocycles. The first-order chi connectivity index (χ1) is 12.3. The van der Waals surface area contributed by atoms with Gasteiger partial charge in [-0.15, -0.1) is 0 Å². The third-order valence-electron chi connectivity index (χ3n) is 5.53. The van der Waals surface area contributed by atoms with Crippen LogP contribution in [-0.2, 0) is 6.42 Å². The van der Waals surface area contributed by atoms with Crippen LogP contribution in [0.15, 0.2) is 60.7 Å². The van der Waals surface area contributed by atoms with Crippen LogP contribution in [0.2, 0.25) is 0 Å². The Morgan fingerprint density at radius 1 is 0.880 bits per heavy atom. The van der Waals surface area contributed by atoms with Gasteiger partial charge >= 0.3 is 0 Å². The Hall–Kier alpha value is -1.89. The molecule has 25 heavy (non-hydrogen) atoms. The Kier molecular flexibility index (Phi) is 6.44. The lowest BCUT2D eigenvalue weighted by molar-refractivity contribution is 0.375. The normalized spacial score (nSPS) is 20.9. The monoisotopic (exact) mass is 336 g/mol. The van der Waals surface area contributed by atoms with Gasteiger partial charge in [0.05, 0.1) is 6.67 Å². The quantitative estimate of drug-likeness (QED) is 0.493. The number of alkyl halides is 1. The third kappa shape index (κ3) is 4.81. The van der Waals surface area contributed by atoms with E-state index in [4.69, 9.17) is 0 Å². The Morgan fingerprint density at radius 3 is 2.04 bits per heavy atom. The van der Waals surface area contributed by atoms with Gasteiger partial charge in [0.2, 0.25) is 0 Å². The van der Waals surface area contributed by atoms with Crippen molar-refractivity contribution in [1.82, 2.24) is 0 Å². The minimum atomic E-state index is -0.237. The summed E-state index contributed by atoms with van der Waals surface area (Å²) < 4.78 is 12.2. The highest BCUT2D eigenvalue weighted by Crippen LogP contribution is 2.37. The average molecular weight is 336 g/mol. The number of hydrogen-bond donors (Lipinski definition) is 0. The number of benzene rings is 2. The van der Waals surface area contributed by atoms with Crippen LogP contribution < -0.4 is 0 Å². The second-order valence-corrected chi connectivity index (χ2v) is 7.19. The molecule has 0 bridgehead atoms. The van der Waals surface area contributed by atoms with Gasteiger partial charge in [0.25, 0.3) is 0 Å². The number of halogens is 1. The zero-order valence-corrected chi connectivity index (χ0v) is 15.3. The van der Waals surface area contributed by atoms with Crippen LogP contribution in [0.4, 0.5) is 4.39 Å². The lowest BCUT2D eigenvalue weighted by atomic mass is 9.78. The van der Waals surface area contributed by atoms with Crippen molar-refractivity contribution in [3.8, 4) is 11.1 Å². The summed E-state index contributed by atoms with van der Waals surface area (Å²) in [4.78, 5) is 0. The molecule has 0 unspecified atom stereocenters. The van der Waals surface area contributed by atoms with Crippen molar-refractivity contribution in [2.24, 2.45) is 5.92 Å². The SMILES string of the molecule is CCc1ccc(-c2ccc([C@H]3CC[C@H](C=CCCF)CC3)cc2)cc1. The highest BCUT2D eigenvalue weighted by molar-refractivity contribution is 5.64. The van der Waals surface area contributed by atoms with E-state index in [1.165, 1.54) is 47.9 Å². The summed E-state index contributed by atoms with van der Waals surface area (Å²) in [5, 5.41) is 0. The molecule has 0 heterocycles. The molecule has 0 nitrogen and oxygen atoms in total. The van der Waals surface area contributed by atoms with Gasteiger partial charge < -0.3 is 0 Å². The minimum absolute atomic E-state index is 0.237. The van der Waals surface area contributed by atoms with Crippen molar-refractivity contribution >= 4 is 0 Å². The van der Waals surface area contributed by atoms with Gasteiger partial charge in [-0.3, -0.25) is 4.39 Å². The standard InChI is InChI=1S/C24H29F/c1-2-19-6-10-21(11-7-19)23-14-16-24(17-15-23)22-12-8-20(9-13-22)5-3-4-18-25/h3,5-7,10-11,14-17,20,22H,2,4,8-9,12-13,18H2,1H3/t20-,22-. The van der Waals surface area contributed by atoms with Gasteiger partial charge in [-0.05, 0) is 72.6 Å². The number of allylic oxidation sites excluding steroid dienone is 2. The summed E-state index contributed by atoms with van der Waals surface area (Å²) in [7, 11) is 0. The molecule has 1 aliphatic rings. The summed E-state index contributed by atoms with van der Waals surface area (Å²) in [6.45, 7) is 1.95. The minimum Gasteiger partial charge on any atom is -0.251 e. The molecule has 0 atom stereocenters. The summed E-state index contributed by atoms with van der Waals surface area (Å²) in [6, 6.07) is 18.1. The third-order valence-corrected chi connectivity index (χ3v) is 5.53. The largest absolute Gasteiger partial charge is 0.251 e. The summed E-state index contributed by atoms with van der Waals surface area (Å²) in [5.74, 6) is 1.33. The molecular formula is C24H29F. The van der Waals surface area contributed by atoms with Gasteiger partial charge in [0, 0.05) is 0 Å². The Bertz CT molecular complexity index is 658. The van der Waals surface area contributed by atoms with Gasteiger partial charge in [0.1, 0.15) is 0 Å². The maximum Gasteiger partial charge on any atom is 0.0928 e. The van der Waals surface area contributed by atoms with Crippen LogP contribution in [0.25, 0.3) is 11.1 Å². The lowest BCUT2D eigenvalue weighted by Gasteiger charge is -2.27. The van der Waals surface area contributed by atoms with E-state index in [-0.39, 0.29) is 6.67 Å². The van der Waals surface area contributed by atoms with Gasteiger partial charge in [-0.25, -0.2) is 0 Å². The van der Waals surface area contributed by atoms with Crippen LogP contribution in [0.5, 0.6) is 0 Å². The van der Waals surface area contributed by atoms with Crippen molar-refractivity contribution in [3.05, 3.63) is 71.8 Å². The van der Waals surface area contributed by atoms with E-state index in [9.17, 15) is 4.39 Å². The fourth-order valence-corrected chi connectivity index (χ4v) is 3.88. The van der Waals surface area contributed by atoms with Crippen LogP contribution in [0.1, 0.15) is 56.1 Å². The molecule has 0 aromatic heterocycles. The Morgan fingerprint density at radius 2 is 1.48 bits per heavy atom. The van der Waals surface area contributed by atoms with E-state index in [2.05, 4.69) is 61.5 Å². The molecule has 0 aliphatic heterocycles. The van der Waals surface area contributed by atoms with E-state index < -0.39 is 0 Å². The predicted octanol–water partition coefficient (Wildman–Crippen LogP) is 7.11. The molecule has 0 N–H and O–H groups in total. The van der Waals surface area contributed by atoms with Crippen molar-refractivity contribution in [2.45, 2.75) is 51.4 Å². The molecule has 0 radical (unpaired) electrons. The van der Waals surface area contributed by atoms with Gasteiger partial charge in [-0.1, -0.05) is 67.6 Å². The fourth-order valence-electron chi connectivity index (χ4n) is 3.88. The lowest BCUT2D eigenvalue weighted by Crippen LogP contribution is -2.11. The van der Waals surface area contributed by atoms with E-state index in [1.807, 2.05) is 6.08 Å². The summed E-state index contributed by atoms with van der Waals surface area (Å²) in [5.41, 5.74) is 5.46. The highest BCUT2D eigenvalue weighted by Gasteiger charge is 2.20. The summed E-state index contributed by atoms with van der Waals surface area (Å²) in [6.07, 6.45) is 10.9. The van der Waals surface area contributed by atoms with Crippen LogP contribution in [0.3, 0.4) is 0 Å². The molecule has 1 heteroatoms. The first-order valence-electron chi connectivity index (χ1n) is 9.72. The summed E-state index contributed by atoms with van der Waals surface area (Å²) >= 11 is 0. The molecule has 0 amide bonds. The van der Waals surface area contributed by atoms with E-state index in [1.54, 1.807) is 0 Å². The van der Waals surface area contributed by atoms with Crippen LogP contribution in [0, 0.1) is 5.92 Å². The van der Waals surface area contributed by atoms with Gasteiger partial charge in [0.15, 0.2) is 0 Å². The predicted molar refractivity (Wildman–Crippen MR) is 106 cm³/mol. The number of hydrogen-bond acceptors (Lipinski definition) is 0. The van der Waals surface area contributed by atoms with Crippen molar-refractivity contribution in [2.75, 3.05) is 6.67 Å². The second-order valence-electron chi connectivity index (χ2n) is 7.19. The zero-order chi connectivity index (χ0) is 17.5. The molecule has 1 saturated carbocycles. The molecule has 1 aliphatic carbocycles. The van der Waals surface area contributed by atoms with Gasteiger partial charge in [-0.2, -0.15) is 0 Å². The van der Waals surface area contributed by atoms with Crippen LogP contribution in [-0.4, -0.2) is 6.67 Å².